The molecular formula is C14H24N2O3. The predicted molar refractivity (Wildman–Crippen MR) is 71.9 cm³/mol. The monoisotopic (exact) mass is 268 g/mol. The molecular weight excluding hydrogens is 244 g/mol. The lowest BCUT2D eigenvalue weighted by molar-refractivity contribution is -0.146. The molecule has 0 radical (unpaired) electrons. The number of carboxylic acids is 1. The lowest BCUT2D eigenvalue weighted by Crippen LogP contribution is -2.62. The largest absolute Gasteiger partial charge is 0.480 e. The lowest BCUT2D eigenvalue weighted by Gasteiger charge is -2.41. The SMILES string of the molecule is CC1CCC(NC(=O)NC2(C)CCC2)(C(=O)O)CC1. The third-order valence-corrected chi connectivity index (χ3v) is 4.76. The summed E-state index contributed by atoms with van der Waals surface area (Å²) in [5.74, 6) is -0.366. The van der Waals surface area contributed by atoms with Gasteiger partial charge < -0.3 is 15.7 Å². The van der Waals surface area contributed by atoms with Gasteiger partial charge in [-0.05, 0) is 57.8 Å². The van der Waals surface area contributed by atoms with Crippen molar-refractivity contribution in [2.75, 3.05) is 0 Å². The van der Waals surface area contributed by atoms with Crippen LogP contribution in [0.1, 0.15) is 58.8 Å². The van der Waals surface area contributed by atoms with Crippen LogP contribution in [0.5, 0.6) is 0 Å². The van der Waals surface area contributed by atoms with E-state index in [9.17, 15) is 14.7 Å². The Balaban J connectivity index is 1.96. The van der Waals surface area contributed by atoms with Crippen molar-refractivity contribution in [3.05, 3.63) is 0 Å². The van der Waals surface area contributed by atoms with Gasteiger partial charge in [0.2, 0.25) is 0 Å². The second kappa shape index (κ2) is 5.02. The summed E-state index contributed by atoms with van der Waals surface area (Å²) in [6, 6.07) is -0.334. The first kappa shape index (κ1) is 14.2. The van der Waals surface area contributed by atoms with Gasteiger partial charge >= 0.3 is 12.0 Å². The van der Waals surface area contributed by atoms with Crippen molar-refractivity contribution in [2.45, 2.75) is 69.9 Å². The first-order chi connectivity index (χ1) is 8.85. The van der Waals surface area contributed by atoms with E-state index in [0.717, 1.165) is 32.1 Å². The van der Waals surface area contributed by atoms with Gasteiger partial charge in [0.05, 0.1) is 0 Å². The topological polar surface area (TPSA) is 78.4 Å². The molecule has 2 rings (SSSR count). The number of nitrogens with one attached hydrogen (secondary N) is 2. The van der Waals surface area contributed by atoms with E-state index >= 15 is 0 Å². The molecule has 0 aromatic carbocycles. The number of rotatable bonds is 3. The van der Waals surface area contributed by atoms with Crippen LogP contribution in [0.15, 0.2) is 0 Å². The van der Waals surface area contributed by atoms with E-state index in [1.54, 1.807) is 0 Å². The van der Waals surface area contributed by atoms with Crippen molar-refractivity contribution in [3.63, 3.8) is 0 Å². The molecule has 2 aliphatic carbocycles. The van der Waals surface area contributed by atoms with Gasteiger partial charge in [-0.25, -0.2) is 9.59 Å². The number of carbonyl (C=O) groups excluding carboxylic acids is 1. The zero-order chi connectivity index (χ0) is 14.1. The minimum Gasteiger partial charge on any atom is -0.480 e. The molecule has 0 aromatic rings. The molecule has 108 valence electrons. The van der Waals surface area contributed by atoms with Crippen molar-refractivity contribution in [3.8, 4) is 0 Å². The van der Waals surface area contributed by atoms with E-state index in [2.05, 4.69) is 17.6 Å². The highest BCUT2D eigenvalue weighted by Crippen LogP contribution is 2.33. The van der Waals surface area contributed by atoms with Crippen molar-refractivity contribution >= 4 is 12.0 Å². The Morgan fingerprint density at radius 3 is 2.11 bits per heavy atom. The Morgan fingerprint density at radius 1 is 1.11 bits per heavy atom. The summed E-state index contributed by atoms with van der Waals surface area (Å²) in [4.78, 5) is 23.6. The number of amides is 2. The van der Waals surface area contributed by atoms with E-state index in [1.165, 1.54) is 0 Å². The summed E-state index contributed by atoms with van der Waals surface area (Å²) >= 11 is 0. The molecule has 0 spiro atoms. The Kier molecular flexibility index (Phi) is 3.74. The van der Waals surface area contributed by atoms with E-state index in [-0.39, 0.29) is 11.6 Å². The molecule has 2 amide bonds. The molecule has 2 fully saturated rings. The molecule has 5 nitrogen and oxygen atoms in total. The predicted octanol–water partition coefficient (Wildman–Crippen LogP) is 2.26. The molecule has 0 unspecified atom stereocenters. The van der Waals surface area contributed by atoms with Gasteiger partial charge in [-0.1, -0.05) is 6.92 Å². The molecule has 0 aliphatic heterocycles. The van der Waals surface area contributed by atoms with Crippen LogP contribution < -0.4 is 10.6 Å². The van der Waals surface area contributed by atoms with Gasteiger partial charge in [0.15, 0.2) is 0 Å². The molecule has 0 saturated heterocycles. The smallest absolute Gasteiger partial charge is 0.329 e. The lowest BCUT2D eigenvalue weighted by atomic mass is 9.77. The molecule has 0 atom stereocenters. The van der Waals surface area contributed by atoms with Crippen molar-refractivity contribution in [2.24, 2.45) is 5.92 Å². The Morgan fingerprint density at radius 2 is 1.68 bits per heavy atom. The third-order valence-electron chi connectivity index (χ3n) is 4.76. The average molecular weight is 268 g/mol. The molecule has 3 N–H and O–H groups in total. The van der Waals surface area contributed by atoms with Crippen LogP contribution in [0.4, 0.5) is 4.79 Å². The maximum Gasteiger partial charge on any atom is 0.329 e. The number of hydrogen-bond acceptors (Lipinski definition) is 2. The Bertz CT molecular complexity index is 369. The average Bonchev–Trinajstić information content (AvgIpc) is 2.30. The van der Waals surface area contributed by atoms with Crippen LogP contribution in [-0.4, -0.2) is 28.2 Å². The summed E-state index contributed by atoms with van der Waals surface area (Å²) in [7, 11) is 0. The van der Waals surface area contributed by atoms with E-state index < -0.39 is 11.5 Å². The van der Waals surface area contributed by atoms with E-state index in [1.807, 2.05) is 6.92 Å². The summed E-state index contributed by atoms with van der Waals surface area (Å²) in [6.07, 6.45) is 5.81. The fourth-order valence-corrected chi connectivity index (χ4v) is 3.00. The normalized spacial score (nSPS) is 33.1. The highest BCUT2D eigenvalue weighted by molar-refractivity contribution is 5.86. The molecule has 0 bridgehead atoms. The third kappa shape index (κ3) is 3.01. The summed E-state index contributed by atoms with van der Waals surface area (Å²) in [5.41, 5.74) is -1.22. The molecule has 2 aliphatic rings. The number of carboxylic acid groups (broad SMARTS) is 1. The summed E-state index contributed by atoms with van der Waals surface area (Å²) < 4.78 is 0. The van der Waals surface area contributed by atoms with Gasteiger partial charge in [0.25, 0.3) is 0 Å². The zero-order valence-electron chi connectivity index (χ0n) is 11.8. The van der Waals surface area contributed by atoms with Crippen LogP contribution in [-0.2, 0) is 4.79 Å². The zero-order valence-corrected chi connectivity index (χ0v) is 11.8. The highest BCUT2D eigenvalue weighted by atomic mass is 16.4. The minimum atomic E-state index is -1.07. The number of hydrogen-bond donors (Lipinski definition) is 3. The van der Waals surface area contributed by atoms with Crippen LogP contribution in [0.2, 0.25) is 0 Å². The summed E-state index contributed by atoms with van der Waals surface area (Å²) in [6.45, 7) is 4.13. The second-order valence-corrected chi connectivity index (χ2v) is 6.56. The standard InChI is InChI=1S/C14H24N2O3/c1-10-4-8-14(9-5-10,11(17)18)16-12(19)15-13(2)6-3-7-13/h10H,3-9H2,1-2H3,(H,17,18)(H2,15,16,19). The van der Waals surface area contributed by atoms with Gasteiger partial charge in [-0.3, -0.25) is 0 Å². The molecule has 2 saturated carbocycles. The van der Waals surface area contributed by atoms with E-state index in [0.29, 0.717) is 18.8 Å². The van der Waals surface area contributed by atoms with Crippen LogP contribution in [0.25, 0.3) is 0 Å². The fourth-order valence-electron chi connectivity index (χ4n) is 3.00. The second-order valence-electron chi connectivity index (χ2n) is 6.56. The van der Waals surface area contributed by atoms with Gasteiger partial charge in [0, 0.05) is 5.54 Å². The quantitative estimate of drug-likeness (QED) is 0.734. The summed E-state index contributed by atoms with van der Waals surface area (Å²) in [5, 5.41) is 15.1. The van der Waals surface area contributed by atoms with Crippen molar-refractivity contribution in [1.29, 1.82) is 0 Å². The number of carbonyl (C=O) groups is 2. The molecule has 5 heteroatoms. The molecule has 0 aromatic heterocycles. The van der Waals surface area contributed by atoms with Crippen LogP contribution in [0, 0.1) is 5.92 Å². The number of urea groups is 1. The van der Waals surface area contributed by atoms with Crippen LogP contribution >= 0.6 is 0 Å². The minimum absolute atomic E-state index is 0.147. The van der Waals surface area contributed by atoms with Crippen LogP contribution in [0.3, 0.4) is 0 Å². The van der Waals surface area contributed by atoms with Gasteiger partial charge in [-0.2, -0.15) is 0 Å². The Hall–Kier alpha value is -1.26. The number of aliphatic carboxylic acids is 1. The maximum atomic E-state index is 12.0. The first-order valence-electron chi connectivity index (χ1n) is 7.19. The molecule has 0 heterocycles. The highest BCUT2D eigenvalue weighted by Gasteiger charge is 2.43. The first-order valence-corrected chi connectivity index (χ1v) is 7.19. The van der Waals surface area contributed by atoms with Gasteiger partial charge in [-0.15, -0.1) is 0 Å². The van der Waals surface area contributed by atoms with Crippen molar-refractivity contribution < 1.29 is 14.7 Å². The molecule has 19 heavy (non-hydrogen) atoms. The van der Waals surface area contributed by atoms with Gasteiger partial charge in [0.1, 0.15) is 5.54 Å². The maximum absolute atomic E-state index is 12.0. The van der Waals surface area contributed by atoms with Crippen molar-refractivity contribution in [1.82, 2.24) is 10.6 Å². The Labute approximate surface area is 114 Å². The van der Waals surface area contributed by atoms with E-state index in [4.69, 9.17) is 0 Å². The fraction of sp³-hybridized carbons (Fsp3) is 0.857.